The van der Waals surface area contributed by atoms with E-state index in [1.165, 1.54) is 12.1 Å². The van der Waals surface area contributed by atoms with Crippen molar-refractivity contribution in [2.45, 2.75) is 75.0 Å². The van der Waals surface area contributed by atoms with E-state index in [2.05, 4.69) is 15.5 Å². The maximum atomic E-state index is 15.7. The molecule has 2 N–H and O–H groups in total. The summed E-state index contributed by atoms with van der Waals surface area (Å²) in [6, 6.07) is 17.9. The highest BCUT2D eigenvalue weighted by Gasteiger charge is 2.65. The van der Waals surface area contributed by atoms with E-state index < -0.39 is 36.4 Å². The molecular weight excluding hydrogens is 803 g/mol. The summed E-state index contributed by atoms with van der Waals surface area (Å²) in [4.78, 5) is 19.6. The second kappa shape index (κ2) is 15.7. The second-order valence-corrected chi connectivity index (χ2v) is 21.4. The monoisotopic (exact) mass is 852 g/mol. The molecular formula is C40H51Cl3N4O6S2. The molecule has 1 spiro atoms. The fraction of sp³-hybridized carbons (Fsp3) is 0.525. The Bertz CT molecular complexity index is 2060. The number of carbonyl (C=O) groups excluding carboxylic acids is 1. The third kappa shape index (κ3) is 8.17. The molecule has 3 aliphatic heterocycles. The van der Waals surface area contributed by atoms with Crippen molar-refractivity contribution < 1.29 is 26.4 Å². The van der Waals surface area contributed by atoms with Gasteiger partial charge in [0.15, 0.2) is 25.3 Å². The number of nitrogens with zero attached hydrogens (tertiary/aromatic N) is 2. The van der Waals surface area contributed by atoms with Crippen molar-refractivity contribution in [2.75, 3.05) is 57.1 Å². The maximum Gasteiger partial charge on any atom is 0.262 e. The van der Waals surface area contributed by atoms with E-state index in [-0.39, 0.29) is 45.1 Å². The number of piperidine rings is 2. The second-order valence-electron chi connectivity index (χ2n) is 15.6. The summed E-state index contributed by atoms with van der Waals surface area (Å²) < 4.78 is 56.9. The molecule has 6 rings (SSSR count). The van der Waals surface area contributed by atoms with E-state index in [0.717, 1.165) is 56.2 Å². The molecule has 1 amide bonds. The highest BCUT2D eigenvalue weighted by Crippen LogP contribution is 2.53. The summed E-state index contributed by atoms with van der Waals surface area (Å²) in [5, 5.41) is 8.68. The van der Waals surface area contributed by atoms with Gasteiger partial charge in [-0.15, -0.1) is 0 Å². The van der Waals surface area contributed by atoms with Crippen molar-refractivity contribution in [1.82, 2.24) is 20.4 Å². The average Bonchev–Trinajstić information content (AvgIpc) is 3.40. The standard InChI is InChI=1S/C40H51Cl3N4O6S2/c1-6-53-34-27-33(43)35(54(5,49)50)26-32(34)40(36(48)47-22-18-39(19-23-47)16-20-46(21-17-39)24-25-55(51,52)7-2)44-37(3,28-8-12-30(41)13-9-28)38(4,45-40)29-10-14-31(42)15-11-29/h8-15,26-27,44-45H,6-7,16-25H2,1-5H3/t37-,38+,40?. The molecule has 3 aromatic carbocycles. The molecule has 3 aliphatic rings. The van der Waals surface area contributed by atoms with Gasteiger partial charge in [-0.2, -0.15) is 0 Å². The van der Waals surface area contributed by atoms with Crippen LogP contribution in [0.1, 0.15) is 70.1 Å². The Balaban J connectivity index is 1.43. The molecule has 3 aromatic rings. The van der Waals surface area contributed by atoms with Gasteiger partial charge in [0.1, 0.15) is 5.75 Å². The van der Waals surface area contributed by atoms with Gasteiger partial charge in [0, 0.05) is 53.3 Å². The Labute approximate surface area is 341 Å². The lowest BCUT2D eigenvalue weighted by molar-refractivity contribution is -0.143. The van der Waals surface area contributed by atoms with E-state index in [1.807, 2.05) is 74.2 Å². The average molecular weight is 854 g/mol. The summed E-state index contributed by atoms with van der Waals surface area (Å²) in [7, 11) is -6.88. The molecule has 3 saturated heterocycles. The molecule has 3 atom stereocenters. The number of likely N-dealkylation sites (tertiary alicyclic amines) is 2. The van der Waals surface area contributed by atoms with E-state index in [4.69, 9.17) is 39.5 Å². The van der Waals surface area contributed by atoms with Crippen LogP contribution in [0, 0.1) is 5.41 Å². The van der Waals surface area contributed by atoms with E-state index in [9.17, 15) is 16.8 Å². The van der Waals surface area contributed by atoms with E-state index in [1.54, 1.807) is 6.92 Å². The number of amides is 1. The van der Waals surface area contributed by atoms with Crippen LogP contribution in [0.5, 0.6) is 5.75 Å². The number of halogens is 3. The lowest BCUT2D eigenvalue weighted by atomic mass is 9.71. The Morgan fingerprint density at radius 2 is 1.27 bits per heavy atom. The Morgan fingerprint density at radius 1 is 0.782 bits per heavy atom. The molecule has 1 unspecified atom stereocenters. The summed E-state index contributed by atoms with van der Waals surface area (Å²) in [5.41, 5.74) is -1.72. The zero-order chi connectivity index (χ0) is 40.0. The van der Waals surface area contributed by atoms with Crippen molar-refractivity contribution in [3.05, 3.63) is 92.4 Å². The lowest BCUT2D eigenvalue weighted by Gasteiger charge is -2.48. The van der Waals surface area contributed by atoms with Crippen LogP contribution in [0.15, 0.2) is 65.6 Å². The van der Waals surface area contributed by atoms with Crippen LogP contribution in [-0.4, -0.2) is 89.6 Å². The number of sulfone groups is 2. The van der Waals surface area contributed by atoms with Crippen LogP contribution in [-0.2, 0) is 41.2 Å². The van der Waals surface area contributed by atoms with Gasteiger partial charge in [-0.25, -0.2) is 16.8 Å². The Kier molecular flexibility index (Phi) is 12.1. The first-order valence-corrected chi connectivity index (χ1v) is 23.6. The molecule has 0 aliphatic carbocycles. The number of nitrogens with one attached hydrogen (secondary N) is 2. The Morgan fingerprint density at radius 3 is 1.73 bits per heavy atom. The molecule has 0 bridgehead atoms. The van der Waals surface area contributed by atoms with Crippen molar-refractivity contribution in [3.8, 4) is 5.75 Å². The predicted molar refractivity (Wildman–Crippen MR) is 220 cm³/mol. The first kappa shape index (κ1) is 42.2. The first-order chi connectivity index (χ1) is 25.8. The fourth-order valence-electron chi connectivity index (χ4n) is 8.65. The van der Waals surface area contributed by atoms with Crippen LogP contribution >= 0.6 is 34.8 Å². The van der Waals surface area contributed by atoms with E-state index in [0.29, 0.717) is 35.2 Å². The predicted octanol–water partition coefficient (Wildman–Crippen LogP) is 6.76. The molecule has 0 aromatic heterocycles. The SMILES string of the molecule is CCOc1cc(Cl)c(S(C)(=O)=O)cc1C1(C(=O)N2CCC3(CCN(CCS(=O)(=O)CC)CC3)CC2)N[C@@](C)(c2ccc(Cl)cc2)[C@@](C)(c2ccc(Cl)cc2)N1. The van der Waals surface area contributed by atoms with Gasteiger partial charge in [0.25, 0.3) is 5.91 Å². The van der Waals surface area contributed by atoms with E-state index >= 15 is 4.79 Å². The fourth-order valence-corrected chi connectivity index (χ4v) is 11.0. The Hall–Kier alpha value is -2.42. The summed E-state index contributed by atoms with van der Waals surface area (Å²) >= 11 is 19.4. The highest BCUT2D eigenvalue weighted by molar-refractivity contribution is 7.91. The smallest absolute Gasteiger partial charge is 0.262 e. The molecule has 0 saturated carbocycles. The van der Waals surface area contributed by atoms with Crippen LogP contribution < -0.4 is 15.4 Å². The van der Waals surface area contributed by atoms with Crippen molar-refractivity contribution in [1.29, 1.82) is 0 Å². The quantitative estimate of drug-likeness (QED) is 0.215. The summed E-state index contributed by atoms with van der Waals surface area (Å²) in [6.07, 6.45) is 4.51. The van der Waals surface area contributed by atoms with Gasteiger partial charge in [-0.1, -0.05) is 66.0 Å². The number of hydrogen-bond acceptors (Lipinski definition) is 9. The minimum absolute atomic E-state index is 0.00484. The third-order valence-electron chi connectivity index (χ3n) is 12.4. The lowest BCUT2D eigenvalue weighted by Crippen LogP contribution is -2.62. The zero-order valence-corrected chi connectivity index (χ0v) is 36.0. The minimum atomic E-state index is -3.84. The number of hydrogen-bond donors (Lipinski definition) is 2. The molecule has 3 fully saturated rings. The maximum absolute atomic E-state index is 15.7. The largest absolute Gasteiger partial charge is 0.493 e. The van der Waals surface area contributed by atoms with Crippen LogP contribution in [0.25, 0.3) is 0 Å². The summed E-state index contributed by atoms with van der Waals surface area (Å²) in [6.45, 7) is 10.9. The number of benzene rings is 3. The normalized spacial score (nSPS) is 26.0. The molecule has 0 radical (unpaired) electrons. The molecule has 55 heavy (non-hydrogen) atoms. The molecule has 300 valence electrons. The molecule has 10 nitrogen and oxygen atoms in total. The van der Waals surface area contributed by atoms with Gasteiger partial charge < -0.3 is 14.5 Å². The number of rotatable bonds is 11. The molecule has 15 heteroatoms. The van der Waals surface area contributed by atoms with Crippen molar-refractivity contribution in [2.24, 2.45) is 5.41 Å². The van der Waals surface area contributed by atoms with Crippen LogP contribution in [0.4, 0.5) is 0 Å². The van der Waals surface area contributed by atoms with Gasteiger partial charge in [0.05, 0.1) is 33.4 Å². The number of carbonyl (C=O) groups is 1. The topological polar surface area (TPSA) is 125 Å². The van der Waals surface area contributed by atoms with Gasteiger partial charge >= 0.3 is 0 Å². The summed E-state index contributed by atoms with van der Waals surface area (Å²) in [5.74, 6) is 0.318. The van der Waals surface area contributed by atoms with Crippen molar-refractivity contribution in [3.63, 3.8) is 0 Å². The minimum Gasteiger partial charge on any atom is -0.493 e. The van der Waals surface area contributed by atoms with Crippen LogP contribution in [0.2, 0.25) is 15.1 Å². The zero-order valence-electron chi connectivity index (χ0n) is 32.1. The van der Waals surface area contributed by atoms with Gasteiger partial charge in [-0.3, -0.25) is 15.4 Å². The van der Waals surface area contributed by atoms with Crippen LogP contribution in [0.3, 0.4) is 0 Å². The van der Waals surface area contributed by atoms with Crippen molar-refractivity contribution >= 4 is 60.4 Å². The first-order valence-electron chi connectivity index (χ1n) is 18.8. The number of ether oxygens (including phenoxy) is 1. The third-order valence-corrected chi connectivity index (χ3v) is 16.1. The van der Waals surface area contributed by atoms with Gasteiger partial charge in [0.2, 0.25) is 0 Å². The van der Waals surface area contributed by atoms with Gasteiger partial charge in [-0.05, 0) is 106 Å². The molecule has 3 heterocycles. The highest BCUT2D eigenvalue weighted by atomic mass is 35.5.